The van der Waals surface area contributed by atoms with Gasteiger partial charge in [0.15, 0.2) is 5.82 Å². The van der Waals surface area contributed by atoms with E-state index in [0.29, 0.717) is 16.6 Å². The van der Waals surface area contributed by atoms with E-state index < -0.39 is 6.23 Å². The number of aromatic nitrogens is 2. The van der Waals surface area contributed by atoms with Gasteiger partial charge in [-0.25, -0.2) is 9.98 Å². The molecule has 1 aromatic heterocycles. The van der Waals surface area contributed by atoms with Crippen molar-refractivity contribution < 1.29 is 5.11 Å². The fraction of sp³-hybridized carbons (Fsp3) is 0.0588. The van der Waals surface area contributed by atoms with Crippen LogP contribution >= 0.6 is 27.5 Å². The molecule has 2 heterocycles. The minimum atomic E-state index is -1.05. The molecule has 1 atom stereocenters. The standard InChI is InChI=1S/C17H11BrClN3O/c18-10-5-6-14-12(9-10)15(11-3-1-2-4-13(11)19)21-17(23)16-20-7-8-22(14)16/h1-9,17,23H. The van der Waals surface area contributed by atoms with E-state index in [1.165, 1.54) is 0 Å². The number of aliphatic hydroxyl groups is 1. The summed E-state index contributed by atoms with van der Waals surface area (Å²) in [5.74, 6) is 0.482. The highest BCUT2D eigenvalue weighted by Gasteiger charge is 2.25. The first-order valence-corrected chi connectivity index (χ1v) is 8.16. The van der Waals surface area contributed by atoms with Crippen molar-refractivity contribution in [2.24, 2.45) is 4.99 Å². The zero-order chi connectivity index (χ0) is 16.0. The predicted molar refractivity (Wildman–Crippen MR) is 93.3 cm³/mol. The van der Waals surface area contributed by atoms with Crippen molar-refractivity contribution in [2.75, 3.05) is 0 Å². The quantitative estimate of drug-likeness (QED) is 0.681. The summed E-state index contributed by atoms with van der Waals surface area (Å²) in [6.07, 6.45) is 2.42. The minimum absolute atomic E-state index is 0.482. The highest BCUT2D eigenvalue weighted by Crippen LogP contribution is 2.32. The van der Waals surface area contributed by atoms with Crippen molar-refractivity contribution in [2.45, 2.75) is 6.23 Å². The summed E-state index contributed by atoms with van der Waals surface area (Å²) in [4.78, 5) is 8.72. The number of nitrogens with zero attached hydrogens (tertiary/aromatic N) is 3. The number of hydrogen-bond acceptors (Lipinski definition) is 3. The average molecular weight is 389 g/mol. The normalized spacial score (nSPS) is 16.3. The van der Waals surface area contributed by atoms with E-state index in [1.54, 1.807) is 6.20 Å². The molecule has 4 rings (SSSR count). The van der Waals surface area contributed by atoms with E-state index in [4.69, 9.17) is 11.6 Å². The molecular formula is C17H11BrClN3O. The Labute approximate surface area is 146 Å². The van der Waals surface area contributed by atoms with Crippen molar-refractivity contribution >= 4 is 33.2 Å². The fourth-order valence-electron chi connectivity index (χ4n) is 2.74. The largest absolute Gasteiger partial charge is 0.365 e. The van der Waals surface area contributed by atoms with Crippen LogP contribution in [-0.4, -0.2) is 20.4 Å². The van der Waals surface area contributed by atoms with Crippen LogP contribution in [0.15, 0.2) is 64.3 Å². The molecule has 6 heteroatoms. The van der Waals surface area contributed by atoms with E-state index in [-0.39, 0.29) is 0 Å². The predicted octanol–water partition coefficient (Wildman–Crippen LogP) is 4.13. The van der Waals surface area contributed by atoms with Crippen LogP contribution in [0, 0.1) is 0 Å². The molecule has 0 fully saturated rings. The summed E-state index contributed by atoms with van der Waals surface area (Å²) >= 11 is 9.86. The van der Waals surface area contributed by atoms with Crippen molar-refractivity contribution in [1.82, 2.24) is 9.55 Å². The second-order valence-corrected chi connectivity index (χ2v) is 6.47. The minimum Gasteiger partial charge on any atom is -0.365 e. The lowest BCUT2D eigenvalue weighted by atomic mass is 10.0. The van der Waals surface area contributed by atoms with Gasteiger partial charge in [-0.05, 0) is 24.3 Å². The molecule has 0 spiro atoms. The lowest BCUT2D eigenvalue weighted by molar-refractivity contribution is 0.177. The topological polar surface area (TPSA) is 50.4 Å². The lowest BCUT2D eigenvalue weighted by Gasteiger charge is -2.12. The summed E-state index contributed by atoms with van der Waals surface area (Å²) in [5, 5.41) is 11.1. The summed E-state index contributed by atoms with van der Waals surface area (Å²) in [6, 6.07) is 13.4. The van der Waals surface area contributed by atoms with Crippen molar-refractivity contribution in [3.63, 3.8) is 0 Å². The molecule has 23 heavy (non-hydrogen) atoms. The molecule has 0 aliphatic carbocycles. The SMILES string of the molecule is OC1N=C(c2ccccc2Cl)c2cc(Br)ccc2-n2ccnc21. The maximum atomic E-state index is 10.5. The van der Waals surface area contributed by atoms with E-state index in [1.807, 2.05) is 53.2 Å². The molecule has 114 valence electrons. The number of aliphatic hydroxyl groups excluding tert-OH is 1. The van der Waals surface area contributed by atoms with Gasteiger partial charge in [0.05, 0.1) is 11.4 Å². The molecular weight excluding hydrogens is 378 g/mol. The van der Waals surface area contributed by atoms with E-state index in [2.05, 4.69) is 25.9 Å². The fourth-order valence-corrected chi connectivity index (χ4v) is 3.32. The Balaban J connectivity index is 2.05. The van der Waals surface area contributed by atoms with Crippen LogP contribution in [0.3, 0.4) is 0 Å². The Bertz CT molecular complexity index is 935. The molecule has 1 unspecified atom stereocenters. The number of halogens is 2. The smallest absolute Gasteiger partial charge is 0.205 e. The van der Waals surface area contributed by atoms with Gasteiger partial charge in [0.25, 0.3) is 0 Å². The molecule has 3 aromatic rings. The van der Waals surface area contributed by atoms with Crippen LogP contribution in [0.1, 0.15) is 23.2 Å². The van der Waals surface area contributed by atoms with Crippen LogP contribution in [0.5, 0.6) is 0 Å². The van der Waals surface area contributed by atoms with Gasteiger partial charge < -0.3 is 5.11 Å². The van der Waals surface area contributed by atoms with Crippen molar-refractivity contribution in [3.8, 4) is 5.69 Å². The molecule has 1 aliphatic heterocycles. The molecule has 1 N–H and O–H groups in total. The first kappa shape index (κ1) is 14.6. The van der Waals surface area contributed by atoms with Crippen LogP contribution < -0.4 is 0 Å². The Morgan fingerprint density at radius 1 is 1.13 bits per heavy atom. The molecule has 0 saturated carbocycles. The van der Waals surface area contributed by atoms with Crippen molar-refractivity contribution in [1.29, 1.82) is 0 Å². The zero-order valence-electron chi connectivity index (χ0n) is 11.8. The van der Waals surface area contributed by atoms with Gasteiger partial charge in [-0.3, -0.25) is 4.57 Å². The Hall–Kier alpha value is -1.95. The first-order valence-electron chi connectivity index (χ1n) is 6.99. The summed E-state index contributed by atoms with van der Waals surface area (Å²) in [7, 11) is 0. The first-order chi connectivity index (χ1) is 11.1. The third-order valence-corrected chi connectivity index (χ3v) is 4.58. The van der Waals surface area contributed by atoms with Crippen LogP contribution in [0.25, 0.3) is 5.69 Å². The van der Waals surface area contributed by atoms with Gasteiger partial charge in [0.2, 0.25) is 6.23 Å². The highest BCUT2D eigenvalue weighted by molar-refractivity contribution is 9.10. The van der Waals surface area contributed by atoms with Gasteiger partial charge in [0.1, 0.15) is 0 Å². The Kier molecular flexibility index (Phi) is 3.56. The zero-order valence-corrected chi connectivity index (χ0v) is 14.2. The molecule has 0 bridgehead atoms. The summed E-state index contributed by atoms with van der Waals surface area (Å²) < 4.78 is 2.77. The van der Waals surface area contributed by atoms with E-state index >= 15 is 0 Å². The number of fused-ring (bicyclic) bond motifs is 3. The molecule has 1 aliphatic rings. The van der Waals surface area contributed by atoms with Gasteiger partial charge in [0, 0.05) is 33.0 Å². The highest BCUT2D eigenvalue weighted by atomic mass is 79.9. The van der Waals surface area contributed by atoms with Gasteiger partial charge in [-0.1, -0.05) is 45.7 Å². The number of aliphatic imine (C=N–C) groups is 1. The monoisotopic (exact) mass is 387 g/mol. The van der Waals surface area contributed by atoms with Gasteiger partial charge in [-0.15, -0.1) is 0 Å². The van der Waals surface area contributed by atoms with Crippen LogP contribution in [0.2, 0.25) is 5.02 Å². The van der Waals surface area contributed by atoms with Crippen LogP contribution in [-0.2, 0) is 0 Å². The van der Waals surface area contributed by atoms with E-state index in [9.17, 15) is 5.11 Å². The van der Waals surface area contributed by atoms with E-state index in [0.717, 1.165) is 21.3 Å². The molecule has 2 aromatic carbocycles. The Morgan fingerprint density at radius 3 is 2.78 bits per heavy atom. The Morgan fingerprint density at radius 2 is 1.96 bits per heavy atom. The third-order valence-electron chi connectivity index (χ3n) is 3.75. The van der Waals surface area contributed by atoms with Crippen molar-refractivity contribution in [3.05, 3.63) is 81.3 Å². The average Bonchev–Trinajstić information content (AvgIpc) is 2.99. The second-order valence-electron chi connectivity index (χ2n) is 5.15. The maximum absolute atomic E-state index is 10.5. The van der Waals surface area contributed by atoms with Crippen LogP contribution in [0.4, 0.5) is 0 Å². The molecule has 0 saturated heterocycles. The number of hydrogen-bond donors (Lipinski definition) is 1. The number of rotatable bonds is 1. The number of imidazole rings is 1. The lowest BCUT2D eigenvalue weighted by Crippen LogP contribution is -2.07. The third kappa shape index (κ3) is 2.41. The van der Waals surface area contributed by atoms with Gasteiger partial charge in [-0.2, -0.15) is 0 Å². The summed E-state index contributed by atoms with van der Waals surface area (Å²) in [6.45, 7) is 0. The maximum Gasteiger partial charge on any atom is 0.205 e. The molecule has 4 nitrogen and oxygen atoms in total. The molecule has 0 amide bonds. The second kappa shape index (κ2) is 5.60. The molecule has 0 radical (unpaired) electrons. The van der Waals surface area contributed by atoms with Gasteiger partial charge >= 0.3 is 0 Å². The number of benzene rings is 2. The summed E-state index contributed by atoms with van der Waals surface area (Å²) in [5.41, 5.74) is 3.20.